The zero-order chi connectivity index (χ0) is 20.1. The van der Waals surface area contributed by atoms with Gasteiger partial charge < -0.3 is 14.8 Å². The van der Waals surface area contributed by atoms with Gasteiger partial charge in [0, 0.05) is 29.1 Å². The zero-order valence-electron chi connectivity index (χ0n) is 17.3. The van der Waals surface area contributed by atoms with E-state index in [1.807, 2.05) is 6.07 Å². The second-order valence-corrected chi connectivity index (χ2v) is 8.13. The molecule has 0 spiro atoms. The number of likely N-dealkylation sites (tertiary alicyclic amines) is 1. The first kappa shape index (κ1) is 20.0. The second kappa shape index (κ2) is 9.47. The lowest BCUT2D eigenvalue weighted by Gasteiger charge is -2.41. The monoisotopic (exact) mass is 392 g/mol. The van der Waals surface area contributed by atoms with Crippen LogP contribution < -0.4 is 4.74 Å². The first-order valence-electron chi connectivity index (χ1n) is 10.8. The molecule has 0 bridgehead atoms. The average molecular weight is 393 g/mol. The molecule has 2 atom stereocenters. The number of rotatable bonds is 8. The van der Waals surface area contributed by atoms with E-state index in [0.29, 0.717) is 5.92 Å². The van der Waals surface area contributed by atoms with Crippen LogP contribution in [0.15, 0.2) is 54.7 Å². The van der Waals surface area contributed by atoms with Crippen LogP contribution in [0.1, 0.15) is 42.7 Å². The summed E-state index contributed by atoms with van der Waals surface area (Å²) in [4.78, 5) is 5.88. The largest absolute Gasteiger partial charge is 0.497 e. The van der Waals surface area contributed by atoms with Crippen molar-refractivity contribution >= 4 is 10.9 Å². The molecule has 4 heteroatoms. The number of nitrogens with zero attached hydrogens (tertiary/aromatic N) is 1. The van der Waals surface area contributed by atoms with E-state index in [2.05, 4.69) is 58.5 Å². The van der Waals surface area contributed by atoms with Crippen molar-refractivity contribution in [2.24, 2.45) is 0 Å². The van der Waals surface area contributed by atoms with Gasteiger partial charge in [0.15, 0.2) is 0 Å². The molecular formula is C25H32N2O2. The van der Waals surface area contributed by atoms with Crippen molar-refractivity contribution in [1.29, 1.82) is 0 Å². The summed E-state index contributed by atoms with van der Waals surface area (Å²) in [6.07, 6.45) is 7.87. The van der Waals surface area contributed by atoms with E-state index in [4.69, 9.17) is 4.74 Å². The van der Waals surface area contributed by atoms with Gasteiger partial charge in [-0.3, -0.25) is 4.90 Å². The number of aryl methyl sites for hydroxylation is 1. The van der Waals surface area contributed by atoms with Gasteiger partial charge in [0.25, 0.3) is 0 Å². The molecule has 1 aliphatic rings. The van der Waals surface area contributed by atoms with Crippen LogP contribution in [0.4, 0.5) is 0 Å². The predicted molar refractivity (Wildman–Crippen MR) is 119 cm³/mol. The number of ether oxygens (including phenoxy) is 1. The molecule has 2 N–H and O–H groups in total. The van der Waals surface area contributed by atoms with Gasteiger partial charge in [-0.15, -0.1) is 0 Å². The number of piperidine rings is 1. The Balaban J connectivity index is 1.34. The molecule has 1 aromatic heterocycles. The van der Waals surface area contributed by atoms with Crippen LogP contribution in [-0.4, -0.2) is 47.8 Å². The SMILES string of the molecule is COc1ccc2[nH]cc(CCCCN3CCCC(c4ccccc4)C3CO)c2c1. The van der Waals surface area contributed by atoms with Gasteiger partial charge in [-0.2, -0.15) is 0 Å². The van der Waals surface area contributed by atoms with Crippen molar-refractivity contribution < 1.29 is 9.84 Å². The van der Waals surface area contributed by atoms with E-state index in [1.54, 1.807) is 7.11 Å². The van der Waals surface area contributed by atoms with Crippen molar-refractivity contribution in [1.82, 2.24) is 9.88 Å². The third-order valence-corrected chi connectivity index (χ3v) is 6.42. The third-order valence-electron chi connectivity index (χ3n) is 6.42. The first-order chi connectivity index (χ1) is 14.3. The highest BCUT2D eigenvalue weighted by Crippen LogP contribution is 2.32. The molecule has 4 rings (SSSR count). The van der Waals surface area contributed by atoms with Gasteiger partial charge in [0.1, 0.15) is 5.75 Å². The summed E-state index contributed by atoms with van der Waals surface area (Å²) in [6, 6.07) is 17.2. The highest BCUT2D eigenvalue weighted by atomic mass is 16.5. The number of unbranched alkanes of at least 4 members (excludes halogenated alkanes) is 1. The quantitative estimate of drug-likeness (QED) is 0.545. The number of aromatic amines is 1. The van der Waals surface area contributed by atoms with Gasteiger partial charge in [-0.05, 0) is 74.5 Å². The Morgan fingerprint density at radius 2 is 2.00 bits per heavy atom. The molecule has 154 valence electrons. The number of benzene rings is 2. The Labute approximate surface area is 173 Å². The summed E-state index contributed by atoms with van der Waals surface area (Å²) in [5, 5.41) is 11.4. The molecule has 0 radical (unpaired) electrons. The molecule has 4 nitrogen and oxygen atoms in total. The third kappa shape index (κ3) is 4.49. The molecule has 1 fully saturated rings. The Bertz CT molecular complexity index is 906. The van der Waals surface area contributed by atoms with Gasteiger partial charge in [-0.25, -0.2) is 0 Å². The fourth-order valence-electron chi connectivity index (χ4n) is 4.86. The van der Waals surface area contributed by atoms with Crippen molar-refractivity contribution in [2.75, 3.05) is 26.8 Å². The molecule has 29 heavy (non-hydrogen) atoms. The predicted octanol–water partition coefficient (Wildman–Crippen LogP) is 4.74. The van der Waals surface area contributed by atoms with E-state index in [0.717, 1.165) is 38.1 Å². The summed E-state index contributed by atoms with van der Waals surface area (Å²) >= 11 is 0. The maximum Gasteiger partial charge on any atom is 0.119 e. The molecule has 0 saturated carbocycles. The number of nitrogens with one attached hydrogen (secondary N) is 1. The molecule has 0 amide bonds. The minimum Gasteiger partial charge on any atom is -0.497 e. The Kier molecular flexibility index (Phi) is 6.53. The molecule has 1 saturated heterocycles. The van der Waals surface area contributed by atoms with Crippen LogP contribution >= 0.6 is 0 Å². The van der Waals surface area contributed by atoms with Gasteiger partial charge >= 0.3 is 0 Å². The molecule has 2 heterocycles. The van der Waals surface area contributed by atoms with Crippen molar-refractivity contribution in [3.63, 3.8) is 0 Å². The van der Waals surface area contributed by atoms with E-state index in [9.17, 15) is 5.11 Å². The number of aliphatic hydroxyl groups excluding tert-OH is 1. The maximum atomic E-state index is 10.1. The van der Waals surface area contributed by atoms with Crippen LogP contribution in [0, 0.1) is 0 Å². The van der Waals surface area contributed by atoms with Crippen LogP contribution in [0.5, 0.6) is 5.75 Å². The fraction of sp³-hybridized carbons (Fsp3) is 0.440. The van der Waals surface area contributed by atoms with E-state index in [1.165, 1.54) is 34.9 Å². The van der Waals surface area contributed by atoms with E-state index < -0.39 is 0 Å². The number of hydrogen-bond donors (Lipinski definition) is 2. The average Bonchev–Trinajstić information content (AvgIpc) is 3.19. The second-order valence-electron chi connectivity index (χ2n) is 8.13. The lowest BCUT2D eigenvalue weighted by molar-refractivity contribution is 0.0717. The summed E-state index contributed by atoms with van der Waals surface area (Å²) in [7, 11) is 1.71. The molecular weight excluding hydrogens is 360 g/mol. The number of fused-ring (bicyclic) bond motifs is 1. The van der Waals surface area contributed by atoms with Gasteiger partial charge in [0.05, 0.1) is 13.7 Å². The number of aromatic nitrogens is 1. The topological polar surface area (TPSA) is 48.5 Å². The van der Waals surface area contributed by atoms with Crippen molar-refractivity contribution in [2.45, 2.75) is 44.1 Å². The minimum atomic E-state index is 0.238. The molecule has 0 aliphatic carbocycles. The van der Waals surface area contributed by atoms with Crippen molar-refractivity contribution in [3.8, 4) is 5.75 Å². The minimum absolute atomic E-state index is 0.238. The summed E-state index contributed by atoms with van der Waals surface area (Å²) in [5.41, 5.74) is 3.89. The number of hydrogen-bond acceptors (Lipinski definition) is 3. The highest BCUT2D eigenvalue weighted by Gasteiger charge is 2.31. The molecule has 3 aromatic rings. The van der Waals surface area contributed by atoms with Crippen LogP contribution in [0.2, 0.25) is 0 Å². The molecule has 1 aliphatic heterocycles. The summed E-state index contributed by atoms with van der Waals surface area (Å²) < 4.78 is 5.38. The Morgan fingerprint density at radius 3 is 2.79 bits per heavy atom. The number of aliphatic hydroxyl groups is 1. The van der Waals surface area contributed by atoms with Gasteiger partial charge in [-0.1, -0.05) is 30.3 Å². The lowest BCUT2D eigenvalue weighted by atomic mass is 9.83. The van der Waals surface area contributed by atoms with Crippen LogP contribution in [0.25, 0.3) is 10.9 Å². The number of H-pyrrole nitrogens is 1. The van der Waals surface area contributed by atoms with E-state index >= 15 is 0 Å². The Hall–Kier alpha value is -2.30. The standard InChI is InChI=1S/C25H32N2O2/c1-29-21-12-13-24-23(16-21)20(17-26-24)10-5-6-14-27-15-7-11-22(25(27)18-28)19-8-3-2-4-9-19/h2-4,8-9,12-13,16-17,22,25-26,28H,5-7,10-11,14-15,18H2,1H3. The highest BCUT2D eigenvalue weighted by molar-refractivity contribution is 5.84. The smallest absolute Gasteiger partial charge is 0.119 e. The van der Waals surface area contributed by atoms with Crippen LogP contribution in [-0.2, 0) is 6.42 Å². The number of methoxy groups -OCH3 is 1. The van der Waals surface area contributed by atoms with Crippen LogP contribution in [0.3, 0.4) is 0 Å². The first-order valence-corrected chi connectivity index (χ1v) is 10.8. The lowest BCUT2D eigenvalue weighted by Crippen LogP contribution is -2.46. The Morgan fingerprint density at radius 1 is 1.14 bits per heavy atom. The normalized spacial score (nSPS) is 20.2. The zero-order valence-corrected chi connectivity index (χ0v) is 17.3. The van der Waals surface area contributed by atoms with E-state index in [-0.39, 0.29) is 12.6 Å². The molecule has 2 unspecified atom stereocenters. The van der Waals surface area contributed by atoms with Crippen molar-refractivity contribution in [3.05, 3.63) is 65.9 Å². The maximum absolute atomic E-state index is 10.1. The summed E-state index contributed by atoms with van der Waals surface area (Å²) in [5.74, 6) is 1.35. The summed E-state index contributed by atoms with van der Waals surface area (Å²) in [6.45, 7) is 2.39. The fourth-order valence-corrected chi connectivity index (χ4v) is 4.86. The molecule has 2 aromatic carbocycles. The van der Waals surface area contributed by atoms with Gasteiger partial charge in [0.2, 0.25) is 0 Å².